The van der Waals surface area contributed by atoms with Crippen LogP contribution in [0.15, 0.2) is 30.3 Å². The molecule has 5 nitrogen and oxygen atoms in total. The summed E-state index contributed by atoms with van der Waals surface area (Å²) in [4.78, 5) is 13.6. The number of nitrogens with one attached hydrogen (secondary N) is 1. The van der Waals surface area contributed by atoms with E-state index in [1.807, 2.05) is 19.0 Å². The summed E-state index contributed by atoms with van der Waals surface area (Å²) < 4.78 is 25.4. The maximum atomic E-state index is 11.7. The lowest BCUT2D eigenvalue weighted by Crippen LogP contribution is -2.33. The Morgan fingerprint density at radius 1 is 1.22 bits per heavy atom. The minimum Gasteiger partial charge on any atom is -0.309 e. The lowest BCUT2D eigenvalue weighted by atomic mass is 10.2. The zero-order chi connectivity index (χ0) is 13.6. The molecule has 0 saturated heterocycles. The fourth-order valence-electron chi connectivity index (χ4n) is 1.41. The highest BCUT2D eigenvalue weighted by molar-refractivity contribution is 7.90. The van der Waals surface area contributed by atoms with Crippen molar-refractivity contribution in [2.75, 3.05) is 26.4 Å². The monoisotopic (exact) mass is 270 g/mol. The van der Waals surface area contributed by atoms with Crippen LogP contribution in [0.2, 0.25) is 0 Å². The van der Waals surface area contributed by atoms with Crippen molar-refractivity contribution in [3.8, 4) is 0 Å². The van der Waals surface area contributed by atoms with Crippen molar-refractivity contribution in [2.24, 2.45) is 0 Å². The molecule has 0 unspecified atom stereocenters. The molecule has 0 radical (unpaired) electrons. The number of rotatable bonds is 6. The van der Waals surface area contributed by atoms with Crippen LogP contribution in [-0.2, 0) is 10.0 Å². The molecule has 0 aliphatic heterocycles. The van der Waals surface area contributed by atoms with Crippen LogP contribution in [0.4, 0.5) is 0 Å². The molecule has 1 amide bonds. The summed E-state index contributed by atoms with van der Waals surface area (Å²) >= 11 is 0. The van der Waals surface area contributed by atoms with Gasteiger partial charge in [0.05, 0.1) is 5.75 Å². The summed E-state index contributed by atoms with van der Waals surface area (Å²) in [5, 5.41) is 0. The molecule has 18 heavy (non-hydrogen) atoms. The number of sulfonamides is 1. The van der Waals surface area contributed by atoms with E-state index in [1.165, 1.54) is 0 Å². The Kier molecular flexibility index (Phi) is 5.30. The van der Waals surface area contributed by atoms with E-state index in [1.54, 1.807) is 30.3 Å². The third kappa shape index (κ3) is 5.29. The maximum Gasteiger partial charge on any atom is 0.264 e. The Hall–Kier alpha value is -1.40. The quantitative estimate of drug-likeness (QED) is 0.826. The molecule has 0 saturated carbocycles. The molecule has 0 fully saturated rings. The number of nitrogens with zero attached hydrogens (tertiary/aromatic N) is 1. The van der Waals surface area contributed by atoms with Gasteiger partial charge in [-0.1, -0.05) is 18.2 Å². The van der Waals surface area contributed by atoms with Crippen LogP contribution in [0.25, 0.3) is 0 Å². The molecule has 1 rings (SSSR count). The molecule has 0 bridgehead atoms. The zero-order valence-corrected chi connectivity index (χ0v) is 11.4. The summed E-state index contributed by atoms with van der Waals surface area (Å²) in [6, 6.07) is 8.29. The van der Waals surface area contributed by atoms with Crippen molar-refractivity contribution in [2.45, 2.75) is 6.42 Å². The smallest absolute Gasteiger partial charge is 0.264 e. The van der Waals surface area contributed by atoms with Gasteiger partial charge in [-0.3, -0.25) is 4.79 Å². The van der Waals surface area contributed by atoms with E-state index in [0.717, 1.165) is 0 Å². The maximum absolute atomic E-state index is 11.7. The first-order valence-corrected chi connectivity index (χ1v) is 7.30. The number of carbonyl (C=O) groups is 1. The van der Waals surface area contributed by atoms with E-state index in [9.17, 15) is 13.2 Å². The van der Waals surface area contributed by atoms with Gasteiger partial charge in [0, 0.05) is 5.56 Å². The molecule has 0 aliphatic carbocycles. The lowest BCUT2D eigenvalue weighted by molar-refractivity contribution is 0.0981. The van der Waals surface area contributed by atoms with Gasteiger partial charge in [0.1, 0.15) is 0 Å². The summed E-state index contributed by atoms with van der Waals surface area (Å²) in [5.41, 5.74) is 0.341. The first kappa shape index (κ1) is 14.7. The molecule has 0 heterocycles. The van der Waals surface area contributed by atoms with Crippen molar-refractivity contribution in [1.82, 2.24) is 9.62 Å². The minimum atomic E-state index is -3.55. The largest absolute Gasteiger partial charge is 0.309 e. The predicted octanol–water partition coefficient (Wildman–Crippen LogP) is 0.698. The molecular weight excluding hydrogens is 252 g/mol. The lowest BCUT2D eigenvalue weighted by Gasteiger charge is -2.10. The Bertz CT molecular complexity index is 483. The molecule has 0 aliphatic rings. The van der Waals surface area contributed by atoms with Crippen molar-refractivity contribution in [1.29, 1.82) is 0 Å². The van der Waals surface area contributed by atoms with Crippen molar-refractivity contribution < 1.29 is 13.2 Å². The van der Waals surface area contributed by atoms with Gasteiger partial charge in [0.25, 0.3) is 5.91 Å². The van der Waals surface area contributed by atoms with E-state index in [0.29, 0.717) is 18.5 Å². The van der Waals surface area contributed by atoms with Gasteiger partial charge in [0.15, 0.2) is 0 Å². The predicted molar refractivity (Wildman–Crippen MR) is 70.9 cm³/mol. The van der Waals surface area contributed by atoms with Gasteiger partial charge < -0.3 is 4.90 Å². The summed E-state index contributed by atoms with van der Waals surface area (Å²) in [7, 11) is 0.190. The molecule has 6 heteroatoms. The first-order valence-electron chi connectivity index (χ1n) is 5.65. The number of hydrogen-bond acceptors (Lipinski definition) is 4. The molecular formula is C12H18N2O3S. The Balaban J connectivity index is 2.53. The van der Waals surface area contributed by atoms with Crippen LogP contribution >= 0.6 is 0 Å². The summed E-state index contributed by atoms with van der Waals surface area (Å²) in [6.07, 6.45) is 0.490. The van der Waals surface area contributed by atoms with Crippen LogP contribution in [-0.4, -0.2) is 45.6 Å². The van der Waals surface area contributed by atoms with Crippen LogP contribution in [0.1, 0.15) is 16.8 Å². The highest BCUT2D eigenvalue weighted by Crippen LogP contribution is 2.00. The third-order valence-electron chi connectivity index (χ3n) is 2.30. The average Bonchev–Trinajstić information content (AvgIpc) is 2.28. The van der Waals surface area contributed by atoms with Gasteiger partial charge in [-0.05, 0) is 39.2 Å². The molecule has 0 aromatic heterocycles. The molecule has 0 spiro atoms. The van der Waals surface area contributed by atoms with Crippen molar-refractivity contribution >= 4 is 15.9 Å². The topological polar surface area (TPSA) is 66.5 Å². The van der Waals surface area contributed by atoms with E-state index in [2.05, 4.69) is 4.72 Å². The average molecular weight is 270 g/mol. The SMILES string of the molecule is CN(C)CCCS(=O)(=O)NC(=O)c1ccccc1. The van der Waals surface area contributed by atoms with E-state index >= 15 is 0 Å². The van der Waals surface area contributed by atoms with Crippen molar-refractivity contribution in [3.05, 3.63) is 35.9 Å². The molecule has 100 valence electrons. The second kappa shape index (κ2) is 6.51. The molecule has 1 aromatic carbocycles. The van der Waals surface area contributed by atoms with E-state index in [4.69, 9.17) is 0 Å². The van der Waals surface area contributed by atoms with Gasteiger partial charge in [-0.15, -0.1) is 0 Å². The zero-order valence-electron chi connectivity index (χ0n) is 10.6. The molecule has 0 atom stereocenters. The second-order valence-corrected chi connectivity index (χ2v) is 6.11. The Labute approximate surface area is 108 Å². The van der Waals surface area contributed by atoms with Crippen LogP contribution < -0.4 is 4.72 Å². The minimum absolute atomic E-state index is 0.0518. The number of amides is 1. The normalized spacial score (nSPS) is 11.5. The third-order valence-corrected chi connectivity index (χ3v) is 3.63. The van der Waals surface area contributed by atoms with Gasteiger partial charge in [-0.2, -0.15) is 0 Å². The van der Waals surface area contributed by atoms with Gasteiger partial charge in [-0.25, -0.2) is 13.1 Å². The summed E-state index contributed by atoms with van der Waals surface area (Å²) in [6.45, 7) is 0.667. The number of benzene rings is 1. The second-order valence-electron chi connectivity index (χ2n) is 4.27. The number of carbonyl (C=O) groups excluding carboxylic acids is 1. The standard InChI is InChI=1S/C12H18N2O3S/c1-14(2)9-6-10-18(16,17)13-12(15)11-7-4-3-5-8-11/h3-5,7-8H,6,9-10H2,1-2H3,(H,13,15). The van der Waals surface area contributed by atoms with Crippen LogP contribution in [0, 0.1) is 0 Å². The van der Waals surface area contributed by atoms with Gasteiger partial charge >= 0.3 is 0 Å². The molecule has 1 aromatic rings. The highest BCUT2D eigenvalue weighted by Gasteiger charge is 2.15. The van der Waals surface area contributed by atoms with E-state index < -0.39 is 15.9 Å². The van der Waals surface area contributed by atoms with E-state index in [-0.39, 0.29) is 5.75 Å². The van der Waals surface area contributed by atoms with Gasteiger partial charge in [0.2, 0.25) is 10.0 Å². The fraction of sp³-hybridized carbons (Fsp3) is 0.417. The Morgan fingerprint density at radius 3 is 2.39 bits per heavy atom. The van der Waals surface area contributed by atoms with Crippen LogP contribution in [0.3, 0.4) is 0 Å². The number of hydrogen-bond donors (Lipinski definition) is 1. The fourth-order valence-corrected chi connectivity index (χ4v) is 2.42. The van der Waals surface area contributed by atoms with Crippen LogP contribution in [0.5, 0.6) is 0 Å². The summed E-state index contributed by atoms with van der Waals surface area (Å²) in [5.74, 6) is -0.635. The molecule has 1 N–H and O–H groups in total. The Morgan fingerprint density at radius 2 is 1.83 bits per heavy atom. The highest BCUT2D eigenvalue weighted by atomic mass is 32.2. The van der Waals surface area contributed by atoms with Crippen molar-refractivity contribution in [3.63, 3.8) is 0 Å². The first-order chi connectivity index (χ1) is 8.41.